The molecule has 1 unspecified atom stereocenters. The fourth-order valence-corrected chi connectivity index (χ4v) is 3.41. The lowest BCUT2D eigenvalue weighted by Gasteiger charge is -2.29. The largest absolute Gasteiger partial charge is 0.379 e. The maximum atomic E-state index is 12.8. The van der Waals surface area contributed by atoms with Crippen molar-refractivity contribution in [1.82, 2.24) is 9.80 Å². The number of amides is 1. The van der Waals surface area contributed by atoms with E-state index in [0.717, 1.165) is 44.8 Å². The van der Waals surface area contributed by atoms with Gasteiger partial charge in [-0.3, -0.25) is 9.69 Å². The summed E-state index contributed by atoms with van der Waals surface area (Å²) in [6.45, 7) is 4.43. The zero-order valence-corrected chi connectivity index (χ0v) is 14.6. The predicted molar refractivity (Wildman–Crippen MR) is 97.3 cm³/mol. The zero-order valence-electron chi connectivity index (χ0n) is 14.6. The molecule has 24 heavy (non-hydrogen) atoms. The lowest BCUT2D eigenvalue weighted by atomic mass is 9.89. The van der Waals surface area contributed by atoms with Crippen molar-refractivity contribution >= 4 is 16.7 Å². The molecule has 0 spiro atoms. The Labute approximate surface area is 144 Å². The third kappa shape index (κ3) is 3.77. The van der Waals surface area contributed by atoms with Crippen molar-refractivity contribution in [3.8, 4) is 0 Å². The van der Waals surface area contributed by atoms with E-state index < -0.39 is 0 Å². The molecule has 2 aromatic rings. The molecular weight excluding hydrogens is 300 g/mol. The fourth-order valence-electron chi connectivity index (χ4n) is 3.41. The number of carbonyl (C=O) groups excluding carboxylic acids is 1. The van der Waals surface area contributed by atoms with Gasteiger partial charge in [-0.05, 0) is 29.3 Å². The molecule has 1 aliphatic heterocycles. The van der Waals surface area contributed by atoms with E-state index in [9.17, 15) is 4.79 Å². The van der Waals surface area contributed by atoms with Crippen LogP contribution < -0.4 is 0 Å². The van der Waals surface area contributed by atoms with Crippen molar-refractivity contribution in [2.24, 2.45) is 0 Å². The average molecular weight is 326 g/mol. The van der Waals surface area contributed by atoms with Crippen LogP contribution in [0, 0.1) is 0 Å². The molecule has 0 radical (unpaired) electrons. The second kappa shape index (κ2) is 7.77. The van der Waals surface area contributed by atoms with Gasteiger partial charge in [0.25, 0.3) is 0 Å². The van der Waals surface area contributed by atoms with E-state index in [1.54, 1.807) is 4.90 Å². The van der Waals surface area contributed by atoms with Gasteiger partial charge >= 0.3 is 0 Å². The van der Waals surface area contributed by atoms with E-state index in [1.807, 2.05) is 26.2 Å². The summed E-state index contributed by atoms with van der Waals surface area (Å²) in [5.74, 6) is 0.0774. The summed E-state index contributed by atoms with van der Waals surface area (Å²) in [6, 6.07) is 14.6. The number of benzene rings is 2. The standard InChI is InChI=1S/C20H26N2O2/c1-21(2)20(23)19(10-11-22-12-14-24-15-13-22)18-9-5-7-16-6-3-4-8-17(16)18/h3-9,19H,10-15H2,1-2H3. The van der Waals surface area contributed by atoms with Crippen LogP contribution >= 0.6 is 0 Å². The molecule has 0 bridgehead atoms. The van der Waals surface area contributed by atoms with Gasteiger partial charge in [0, 0.05) is 27.2 Å². The van der Waals surface area contributed by atoms with Gasteiger partial charge in [0.1, 0.15) is 0 Å². The molecule has 1 atom stereocenters. The average Bonchev–Trinajstić information content (AvgIpc) is 2.62. The van der Waals surface area contributed by atoms with Gasteiger partial charge in [-0.15, -0.1) is 0 Å². The molecule has 3 rings (SSSR count). The number of fused-ring (bicyclic) bond motifs is 1. The Morgan fingerprint density at radius 2 is 1.83 bits per heavy atom. The maximum absolute atomic E-state index is 12.8. The van der Waals surface area contributed by atoms with Crippen molar-refractivity contribution in [2.45, 2.75) is 12.3 Å². The van der Waals surface area contributed by atoms with Crippen molar-refractivity contribution in [3.05, 3.63) is 48.0 Å². The predicted octanol–water partition coefficient (Wildman–Crippen LogP) is 2.73. The third-order valence-corrected chi connectivity index (χ3v) is 4.78. The first-order valence-corrected chi connectivity index (χ1v) is 8.66. The minimum atomic E-state index is -0.103. The van der Waals surface area contributed by atoms with Crippen molar-refractivity contribution in [2.75, 3.05) is 46.9 Å². The van der Waals surface area contributed by atoms with Crippen LogP contribution in [0.5, 0.6) is 0 Å². The molecule has 128 valence electrons. The summed E-state index contributed by atoms with van der Waals surface area (Å²) in [5.41, 5.74) is 1.14. The van der Waals surface area contributed by atoms with Crippen LogP contribution in [-0.2, 0) is 9.53 Å². The molecule has 1 amide bonds. The van der Waals surface area contributed by atoms with Gasteiger partial charge in [0.2, 0.25) is 5.91 Å². The second-order valence-electron chi connectivity index (χ2n) is 6.60. The summed E-state index contributed by atoms with van der Waals surface area (Å²) >= 11 is 0. The van der Waals surface area contributed by atoms with E-state index in [2.05, 4.69) is 35.2 Å². The van der Waals surface area contributed by atoms with E-state index in [0.29, 0.717) is 0 Å². The molecule has 0 saturated carbocycles. The van der Waals surface area contributed by atoms with Gasteiger partial charge < -0.3 is 9.64 Å². The number of hydrogen-bond donors (Lipinski definition) is 0. The smallest absolute Gasteiger partial charge is 0.229 e. The van der Waals surface area contributed by atoms with E-state index in [4.69, 9.17) is 4.74 Å². The van der Waals surface area contributed by atoms with Crippen LogP contribution in [0.2, 0.25) is 0 Å². The van der Waals surface area contributed by atoms with E-state index >= 15 is 0 Å². The van der Waals surface area contributed by atoms with Gasteiger partial charge in [-0.25, -0.2) is 0 Å². The number of carbonyl (C=O) groups is 1. The molecule has 1 aliphatic rings. The Balaban J connectivity index is 1.87. The van der Waals surface area contributed by atoms with Crippen LogP contribution in [0.25, 0.3) is 10.8 Å². The monoisotopic (exact) mass is 326 g/mol. The molecule has 0 N–H and O–H groups in total. The first-order chi connectivity index (χ1) is 11.7. The van der Waals surface area contributed by atoms with E-state index in [-0.39, 0.29) is 11.8 Å². The Morgan fingerprint density at radius 3 is 2.58 bits per heavy atom. The highest BCUT2D eigenvalue weighted by molar-refractivity contribution is 5.92. The quantitative estimate of drug-likeness (QED) is 0.847. The minimum absolute atomic E-state index is 0.103. The van der Waals surface area contributed by atoms with Crippen molar-refractivity contribution in [1.29, 1.82) is 0 Å². The molecule has 2 aromatic carbocycles. The molecule has 4 heteroatoms. The highest BCUT2D eigenvalue weighted by Gasteiger charge is 2.25. The SMILES string of the molecule is CN(C)C(=O)C(CCN1CCOCC1)c1cccc2ccccc12. The molecule has 0 aliphatic carbocycles. The van der Waals surface area contributed by atoms with Crippen LogP contribution in [0.4, 0.5) is 0 Å². The summed E-state index contributed by atoms with van der Waals surface area (Å²) in [6.07, 6.45) is 0.838. The van der Waals surface area contributed by atoms with Crippen LogP contribution in [0.15, 0.2) is 42.5 Å². The highest BCUT2D eigenvalue weighted by Crippen LogP contribution is 2.29. The highest BCUT2D eigenvalue weighted by atomic mass is 16.5. The molecular formula is C20H26N2O2. The molecule has 1 saturated heterocycles. The van der Waals surface area contributed by atoms with Gasteiger partial charge in [0.05, 0.1) is 19.1 Å². The fraction of sp³-hybridized carbons (Fsp3) is 0.450. The summed E-state index contributed by atoms with van der Waals surface area (Å²) in [4.78, 5) is 17.0. The van der Waals surface area contributed by atoms with Gasteiger partial charge in [-0.2, -0.15) is 0 Å². The second-order valence-corrected chi connectivity index (χ2v) is 6.60. The Hall–Kier alpha value is -1.91. The topological polar surface area (TPSA) is 32.8 Å². The number of nitrogens with zero attached hydrogens (tertiary/aromatic N) is 2. The zero-order chi connectivity index (χ0) is 16.9. The lowest BCUT2D eigenvalue weighted by Crippen LogP contribution is -2.38. The summed E-state index contributed by atoms with van der Waals surface area (Å²) in [7, 11) is 3.68. The van der Waals surface area contributed by atoms with E-state index in [1.165, 1.54) is 10.8 Å². The third-order valence-electron chi connectivity index (χ3n) is 4.78. The normalized spacial score (nSPS) is 16.9. The van der Waals surface area contributed by atoms with Crippen LogP contribution in [-0.4, -0.2) is 62.7 Å². The Kier molecular flexibility index (Phi) is 5.48. The number of ether oxygens (including phenoxy) is 1. The molecule has 1 heterocycles. The number of morpholine rings is 1. The van der Waals surface area contributed by atoms with Crippen LogP contribution in [0.1, 0.15) is 17.9 Å². The first kappa shape index (κ1) is 16.9. The van der Waals surface area contributed by atoms with Gasteiger partial charge in [0.15, 0.2) is 0 Å². The summed E-state index contributed by atoms with van der Waals surface area (Å²) in [5, 5.41) is 2.38. The Morgan fingerprint density at radius 1 is 1.12 bits per heavy atom. The first-order valence-electron chi connectivity index (χ1n) is 8.66. The number of hydrogen-bond acceptors (Lipinski definition) is 3. The Bertz CT molecular complexity index is 688. The molecule has 4 nitrogen and oxygen atoms in total. The maximum Gasteiger partial charge on any atom is 0.229 e. The van der Waals surface area contributed by atoms with Crippen molar-refractivity contribution in [3.63, 3.8) is 0 Å². The van der Waals surface area contributed by atoms with Gasteiger partial charge in [-0.1, -0.05) is 42.5 Å². The summed E-state index contributed by atoms with van der Waals surface area (Å²) < 4.78 is 5.42. The number of likely N-dealkylation sites (N-methyl/N-ethyl adjacent to an activating group) is 1. The molecule has 0 aromatic heterocycles. The lowest BCUT2D eigenvalue weighted by molar-refractivity contribution is -0.130. The number of rotatable bonds is 5. The minimum Gasteiger partial charge on any atom is -0.379 e. The van der Waals surface area contributed by atoms with Crippen LogP contribution in [0.3, 0.4) is 0 Å². The molecule has 1 fully saturated rings. The van der Waals surface area contributed by atoms with Crippen molar-refractivity contribution < 1.29 is 9.53 Å².